The summed E-state index contributed by atoms with van der Waals surface area (Å²) in [4.78, 5) is 22.9. The number of nitrogens with zero attached hydrogens (tertiary/aromatic N) is 2. The molecule has 0 aromatic heterocycles. The van der Waals surface area contributed by atoms with Crippen LogP contribution >= 0.6 is 0 Å². The zero-order chi connectivity index (χ0) is 15.3. The number of hydrogen-bond donors (Lipinski definition) is 1. The zero-order valence-corrected chi connectivity index (χ0v) is 11.7. The summed E-state index contributed by atoms with van der Waals surface area (Å²) in [5.74, 6) is -1.09. The van der Waals surface area contributed by atoms with Gasteiger partial charge in [0, 0.05) is 42.5 Å². The Kier molecular flexibility index (Phi) is 5.25. The van der Waals surface area contributed by atoms with Crippen LogP contribution in [0.2, 0.25) is 0 Å². The molecule has 0 aliphatic heterocycles. The van der Waals surface area contributed by atoms with Crippen LogP contribution in [0.4, 0.5) is 11.4 Å². The molecule has 0 amide bonds. The lowest BCUT2D eigenvalue weighted by Crippen LogP contribution is -2.28. The molecule has 0 saturated heterocycles. The van der Waals surface area contributed by atoms with Crippen molar-refractivity contribution in [2.75, 3.05) is 11.9 Å². The molecule has 1 atom stereocenters. The van der Waals surface area contributed by atoms with E-state index in [-0.39, 0.29) is 11.7 Å². The van der Waals surface area contributed by atoms with Crippen LogP contribution in [-0.4, -0.2) is 29.1 Å². The van der Waals surface area contributed by atoms with Crippen molar-refractivity contribution in [1.82, 2.24) is 0 Å². The van der Waals surface area contributed by atoms with E-state index in [1.165, 1.54) is 18.2 Å². The molecule has 0 radical (unpaired) electrons. The van der Waals surface area contributed by atoms with E-state index in [0.717, 1.165) is 18.2 Å². The molecule has 0 bridgehead atoms. The Balaban J connectivity index is 3.28. The molecule has 0 fully saturated rings. The van der Waals surface area contributed by atoms with Gasteiger partial charge in [-0.3, -0.25) is 10.1 Å². The number of non-ortho nitro benzene ring substituents is 1. The first-order valence-corrected chi connectivity index (χ1v) is 6.29. The van der Waals surface area contributed by atoms with Gasteiger partial charge in [-0.05, 0) is 25.5 Å². The van der Waals surface area contributed by atoms with Crippen LogP contribution in [0, 0.1) is 10.1 Å². The summed E-state index contributed by atoms with van der Waals surface area (Å²) in [6, 6.07) is 4.69. The molecular formula is C14H18N2O4. The maximum absolute atomic E-state index is 10.8. The summed E-state index contributed by atoms with van der Waals surface area (Å²) in [6.07, 6.45) is 3.27. The second-order valence-electron chi connectivity index (χ2n) is 4.54. The Morgan fingerprint density at radius 3 is 2.70 bits per heavy atom. The number of rotatable bonds is 6. The van der Waals surface area contributed by atoms with Gasteiger partial charge in [-0.2, -0.15) is 0 Å². The van der Waals surface area contributed by atoms with E-state index < -0.39 is 10.9 Å². The SMILES string of the molecule is CCC(C)N(C)c1ccc([N+](=O)[O-])cc1/C=C/C(=O)O. The van der Waals surface area contributed by atoms with Gasteiger partial charge < -0.3 is 10.0 Å². The van der Waals surface area contributed by atoms with Crippen molar-refractivity contribution in [2.45, 2.75) is 26.3 Å². The van der Waals surface area contributed by atoms with Gasteiger partial charge in [0.1, 0.15) is 0 Å². The largest absolute Gasteiger partial charge is 0.478 e. The van der Waals surface area contributed by atoms with E-state index in [0.29, 0.717) is 5.56 Å². The minimum Gasteiger partial charge on any atom is -0.478 e. The second kappa shape index (κ2) is 6.70. The molecule has 0 spiro atoms. The first kappa shape index (κ1) is 15.7. The highest BCUT2D eigenvalue weighted by Gasteiger charge is 2.15. The van der Waals surface area contributed by atoms with E-state index in [4.69, 9.17) is 5.11 Å². The van der Waals surface area contributed by atoms with Gasteiger partial charge in [0.25, 0.3) is 5.69 Å². The smallest absolute Gasteiger partial charge is 0.328 e. The van der Waals surface area contributed by atoms with Gasteiger partial charge in [-0.1, -0.05) is 6.92 Å². The van der Waals surface area contributed by atoms with Crippen molar-refractivity contribution in [3.63, 3.8) is 0 Å². The molecule has 1 N–H and O–H groups in total. The maximum Gasteiger partial charge on any atom is 0.328 e. The van der Waals surface area contributed by atoms with E-state index in [1.54, 1.807) is 6.07 Å². The minimum absolute atomic E-state index is 0.0589. The monoisotopic (exact) mass is 278 g/mol. The number of benzene rings is 1. The molecule has 6 heteroatoms. The normalized spacial score (nSPS) is 12.3. The van der Waals surface area contributed by atoms with Crippen molar-refractivity contribution >= 4 is 23.4 Å². The highest BCUT2D eigenvalue weighted by molar-refractivity contribution is 5.87. The Morgan fingerprint density at radius 1 is 1.55 bits per heavy atom. The van der Waals surface area contributed by atoms with Crippen molar-refractivity contribution < 1.29 is 14.8 Å². The number of carboxylic acid groups (broad SMARTS) is 1. The first-order chi connectivity index (χ1) is 9.36. The molecule has 0 aliphatic carbocycles. The third kappa shape index (κ3) is 3.81. The standard InChI is InChI=1S/C14H18N2O4/c1-4-10(2)15(3)13-7-6-12(16(19)20)9-11(13)5-8-14(17)18/h5-10H,4H2,1-3H3,(H,17,18)/b8-5+. The van der Waals surface area contributed by atoms with Crippen molar-refractivity contribution in [3.8, 4) is 0 Å². The minimum atomic E-state index is -1.09. The summed E-state index contributed by atoms with van der Waals surface area (Å²) >= 11 is 0. The first-order valence-electron chi connectivity index (χ1n) is 6.29. The number of nitro groups is 1. The van der Waals surface area contributed by atoms with Gasteiger partial charge >= 0.3 is 5.97 Å². The average Bonchev–Trinajstić information content (AvgIpc) is 2.42. The van der Waals surface area contributed by atoms with Crippen LogP contribution in [0.25, 0.3) is 6.08 Å². The Morgan fingerprint density at radius 2 is 2.20 bits per heavy atom. The van der Waals surface area contributed by atoms with Gasteiger partial charge in [0.15, 0.2) is 0 Å². The number of nitro benzene ring substituents is 1. The van der Waals surface area contributed by atoms with E-state index in [2.05, 4.69) is 0 Å². The summed E-state index contributed by atoms with van der Waals surface area (Å²) in [5, 5.41) is 19.5. The molecular weight excluding hydrogens is 260 g/mol. The van der Waals surface area contributed by atoms with Gasteiger partial charge in [-0.15, -0.1) is 0 Å². The van der Waals surface area contributed by atoms with Gasteiger partial charge in [-0.25, -0.2) is 4.79 Å². The number of anilines is 1. The summed E-state index contributed by atoms with van der Waals surface area (Å²) in [6.45, 7) is 4.07. The van der Waals surface area contributed by atoms with Crippen molar-refractivity contribution in [2.24, 2.45) is 0 Å². The molecule has 108 valence electrons. The predicted octanol–water partition coefficient (Wildman–Crippen LogP) is 2.93. The fraction of sp³-hybridized carbons (Fsp3) is 0.357. The van der Waals surface area contributed by atoms with Crippen LogP contribution in [0.3, 0.4) is 0 Å². The van der Waals surface area contributed by atoms with Crippen LogP contribution in [-0.2, 0) is 4.79 Å². The zero-order valence-electron chi connectivity index (χ0n) is 11.7. The number of hydrogen-bond acceptors (Lipinski definition) is 4. The molecule has 0 heterocycles. The van der Waals surface area contributed by atoms with Crippen LogP contribution < -0.4 is 4.90 Å². The highest BCUT2D eigenvalue weighted by Crippen LogP contribution is 2.27. The van der Waals surface area contributed by atoms with E-state index in [1.807, 2.05) is 25.8 Å². The Labute approximate surface area is 117 Å². The number of carboxylic acids is 1. The highest BCUT2D eigenvalue weighted by atomic mass is 16.6. The van der Waals surface area contributed by atoms with Gasteiger partial charge in [0.2, 0.25) is 0 Å². The van der Waals surface area contributed by atoms with Crippen molar-refractivity contribution in [1.29, 1.82) is 0 Å². The van der Waals surface area contributed by atoms with E-state index >= 15 is 0 Å². The van der Waals surface area contributed by atoms with Gasteiger partial charge in [0.05, 0.1) is 4.92 Å². The Hall–Kier alpha value is -2.37. The third-order valence-corrected chi connectivity index (χ3v) is 3.26. The lowest BCUT2D eigenvalue weighted by molar-refractivity contribution is -0.384. The molecule has 1 unspecified atom stereocenters. The van der Waals surface area contributed by atoms with Crippen LogP contribution in [0.5, 0.6) is 0 Å². The molecule has 1 aromatic carbocycles. The predicted molar refractivity (Wildman–Crippen MR) is 77.9 cm³/mol. The average molecular weight is 278 g/mol. The second-order valence-corrected chi connectivity index (χ2v) is 4.54. The quantitative estimate of drug-likeness (QED) is 0.491. The summed E-state index contributed by atoms with van der Waals surface area (Å²) in [5.41, 5.74) is 1.23. The fourth-order valence-electron chi connectivity index (χ4n) is 1.78. The molecule has 0 saturated carbocycles. The summed E-state index contributed by atoms with van der Waals surface area (Å²) < 4.78 is 0. The topological polar surface area (TPSA) is 83.7 Å². The number of aliphatic carboxylic acids is 1. The molecule has 0 aliphatic rings. The number of carbonyl (C=O) groups is 1. The van der Waals surface area contributed by atoms with Crippen LogP contribution in [0.15, 0.2) is 24.3 Å². The maximum atomic E-state index is 10.8. The fourth-order valence-corrected chi connectivity index (χ4v) is 1.78. The lowest BCUT2D eigenvalue weighted by atomic mass is 10.1. The van der Waals surface area contributed by atoms with Crippen LogP contribution in [0.1, 0.15) is 25.8 Å². The molecule has 6 nitrogen and oxygen atoms in total. The molecule has 1 aromatic rings. The third-order valence-electron chi connectivity index (χ3n) is 3.26. The van der Waals surface area contributed by atoms with Crippen molar-refractivity contribution in [3.05, 3.63) is 40.0 Å². The Bertz CT molecular complexity index is 540. The lowest BCUT2D eigenvalue weighted by Gasteiger charge is -2.27. The molecule has 1 rings (SSSR count). The molecule has 20 heavy (non-hydrogen) atoms. The van der Waals surface area contributed by atoms with E-state index in [9.17, 15) is 14.9 Å². The summed E-state index contributed by atoms with van der Waals surface area (Å²) in [7, 11) is 1.88.